The number of likely N-dealkylation sites (N-methyl/N-ethyl adjacent to an activating group) is 1. The first-order valence-electron chi connectivity index (χ1n) is 11.2. The summed E-state index contributed by atoms with van der Waals surface area (Å²) in [6.45, 7) is 3.43. The Bertz CT molecular complexity index is 1020. The molecule has 0 radical (unpaired) electrons. The van der Waals surface area contributed by atoms with Crippen LogP contribution in [0.2, 0.25) is 0 Å². The van der Waals surface area contributed by atoms with E-state index in [1.165, 1.54) is 12.1 Å². The number of carbonyl (C=O) groups is 2. The largest absolute Gasteiger partial charge is 0.497 e. The van der Waals surface area contributed by atoms with Gasteiger partial charge in [-0.15, -0.1) is 0 Å². The highest BCUT2D eigenvalue weighted by Crippen LogP contribution is 2.40. The normalized spacial score (nSPS) is 21.2. The maximum absolute atomic E-state index is 14.4. The number of rotatable bonds is 5. The zero-order valence-corrected chi connectivity index (χ0v) is 19.3. The van der Waals surface area contributed by atoms with Crippen molar-refractivity contribution >= 4 is 11.8 Å². The fourth-order valence-electron chi connectivity index (χ4n) is 4.73. The number of methoxy groups -OCH3 is 2. The molecule has 4 rings (SSSR count). The summed E-state index contributed by atoms with van der Waals surface area (Å²) in [6, 6.07) is 11.4. The van der Waals surface area contributed by atoms with E-state index in [0.717, 1.165) is 18.7 Å². The molecule has 0 N–H and O–H groups in total. The number of amides is 2. The lowest BCUT2D eigenvalue weighted by Gasteiger charge is -2.35. The van der Waals surface area contributed by atoms with Crippen LogP contribution in [0.3, 0.4) is 0 Å². The zero-order chi connectivity index (χ0) is 23.5. The molecule has 0 saturated carbocycles. The van der Waals surface area contributed by atoms with Crippen LogP contribution < -0.4 is 9.47 Å². The Morgan fingerprint density at radius 3 is 2.33 bits per heavy atom. The van der Waals surface area contributed by atoms with E-state index < -0.39 is 17.6 Å². The van der Waals surface area contributed by atoms with Gasteiger partial charge in [0.05, 0.1) is 25.7 Å². The highest BCUT2D eigenvalue weighted by molar-refractivity contribution is 5.95. The summed E-state index contributed by atoms with van der Waals surface area (Å²) in [5, 5.41) is 0. The van der Waals surface area contributed by atoms with Gasteiger partial charge in [-0.2, -0.15) is 0 Å². The van der Waals surface area contributed by atoms with Crippen molar-refractivity contribution in [3.63, 3.8) is 0 Å². The molecule has 0 aliphatic carbocycles. The molecule has 2 saturated heterocycles. The van der Waals surface area contributed by atoms with E-state index in [4.69, 9.17) is 9.47 Å². The van der Waals surface area contributed by atoms with Crippen molar-refractivity contribution in [1.29, 1.82) is 0 Å². The SMILES string of the molecule is COc1ccc(OC)c(C2CN(C(=O)c3ccccc3F)CC2C(=O)N2CCN(C)CC2)c1. The number of carbonyl (C=O) groups excluding carboxylic acids is 2. The molecule has 2 aliphatic heterocycles. The van der Waals surface area contributed by atoms with E-state index in [2.05, 4.69) is 4.90 Å². The average Bonchev–Trinajstić information content (AvgIpc) is 3.29. The van der Waals surface area contributed by atoms with Crippen LogP contribution in [0.1, 0.15) is 21.8 Å². The Balaban J connectivity index is 1.68. The Kier molecular flexibility index (Phi) is 6.83. The Hall–Kier alpha value is -3.13. The second kappa shape index (κ2) is 9.79. The minimum atomic E-state index is -0.563. The van der Waals surface area contributed by atoms with Gasteiger partial charge in [-0.25, -0.2) is 4.39 Å². The lowest BCUT2D eigenvalue weighted by molar-refractivity contribution is -0.137. The summed E-state index contributed by atoms with van der Waals surface area (Å²) in [5.41, 5.74) is 0.828. The number of hydrogen-bond acceptors (Lipinski definition) is 5. The molecule has 2 heterocycles. The van der Waals surface area contributed by atoms with Crippen molar-refractivity contribution in [3.05, 3.63) is 59.4 Å². The van der Waals surface area contributed by atoms with Gasteiger partial charge in [0.1, 0.15) is 17.3 Å². The fraction of sp³-hybridized carbons (Fsp3) is 0.440. The van der Waals surface area contributed by atoms with E-state index in [1.54, 1.807) is 37.3 Å². The van der Waals surface area contributed by atoms with Crippen molar-refractivity contribution < 1.29 is 23.5 Å². The molecular weight excluding hydrogens is 425 g/mol. The second-order valence-corrected chi connectivity index (χ2v) is 8.64. The van der Waals surface area contributed by atoms with E-state index in [-0.39, 0.29) is 23.9 Å². The summed E-state index contributed by atoms with van der Waals surface area (Å²) < 4.78 is 25.4. The standard InChI is InChI=1S/C25H30FN3O4/c1-27-10-12-28(13-11-27)25(31)21-16-29(24(30)18-6-4-5-7-22(18)26)15-20(21)19-14-17(32-2)8-9-23(19)33-3/h4-9,14,20-21H,10-13,15-16H2,1-3H3. The van der Waals surface area contributed by atoms with E-state index in [0.29, 0.717) is 31.1 Å². The van der Waals surface area contributed by atoms with Crippen LogP contribution in [0.15, 0.2) is 42.5 Å². The maximum Gasteiger partial charge on any atom is 0.256 e. The van der Waals surface area contributed by atoms with Crippen LogP contribution >= 0.6 is 0 Å². The Morgan fingerprint density at radius 2 is 1.67 bits per heavy atom. The molecular formula is C25H30FN3O4. The van der Waals surface area contributed by atoms with Crippen molar-refractivity contribution in [2.75, 3.05) is 60.5 Å². The lowest BCUT2D eigenvalue weighted by atomic mass is 9.87. The number of piperazine rings is 1. The minimum absolute atomic E-state index is 0.0153. The summed E-state index contributed by atoms with van der Waals surface area (Å²) in [4.78, 5) is 32.5. The maximum atomic E-state index is 14.4. The topological polar surface area (TPSA) is 62.3 Å². The predicted octanol–water partition coefficient (Wildman–Crippen LogP) is 2.47. The Labute approximate surface area is 193 Å². The second-order valence-electron chi connectivity index (χ2n) is 8.64. The molecule has 33 heavy (non-hydrogen) atoms. The van der Waals surface area contributed by atoms with Gasteiger partial charge < -0.3 is 24.2 Å². The third kappa shape index (κ3) is 4.66. The molecule has 7 nitrogen and oxygen atoms in total. The predicted molar refractivity (Wildman–Crippen MR) is 122 cm³/mol. The van der Waals surface area contributed by atoms with E-state index in [1.807, 2.05) is 24.1 Å². The summed E-state index contributed by atoms with van der Waals surface area (Å²) in [6.07, 6.45) is 0. The highest BCUT2D eigenvalue weighted by atomic mass is 19.1. The smallest absolute Gasteiger partial charge is 0.256 e. The number of ether oxygens (including phenoxy) is 2. The molecule has 0 bridgehead atoms. The molecule has 176 valence electrons. The number of likely N-dealkylation sites (tertiary alicyclic amines) is 1. The molecule has 2 aromatic rings. The minimum Gasteiger partial charge on any atom is -0.497 e. The number of halogens is 1. The van der Waals surface area contributed by atoms with Gasteiger partial charge in [0.25, 0.3) is 5.91 Å². The molecule has 8 heteroatoms. The van der Waals surface area contributed by atoms with Crippen LogP contribution in [-0.4, -0.2) is 87.0 Å². The first kappa shape index (κ1) is 23.0. The molecule has 2 unspecified atom stereocenters. The fourth-order valence-corrected chi connectivity index (χ4v) is 4.73. The molecule has 0 aromatic heterocycles. The van der Waals surface area contributed by atoms with E-state index in [9.17, 15) is 14.0 Å². The van der Waals surface area contributed by atoms with Crippen LogP contribution in [0, 0.1) is 11.7 Å². The van der Waals surface area contributed by atoms with Gasteiger partial charge in [0.2, 0.25) is 5.91 Å². The molecule has 2 aromatic carbocycles. The van der Waals surface area contributed by atoms with Crippen LogP contribution in [0.25, 0.3) is 0 Å². The Morgan fingerprint density at radius 1 is 0.939 bits per heavy atom. The lowest BCUT2D eigenvalue weighted by Crippen LogP contribution is -2.50. The quantitative estimate of drug-likeness (QED) is 0.693. The number of benzene rings is 2. The number of hydrogen-bond donors (Lipinski definition) is 0. The first-order chi connectivity index (χ1) is 15.9. The summed E-state index contributed by atoms with van der Waals surface area (Å²) in [5.74, 6) is -0.419. The van der Waals surface area contributed by atoms with Crippen molar-refractivity contribution in [2.45, 2.75) is 5.92 Å². The summed E-state index contributed by atoms with van der Waals surface area (Å²) >= 11 is 0. The van der Waals surface area contributed by atoms with Crippen molar-refractivity contribution in [3.8, 4) is 11.5 Å². The van der Waals surface area contributed by atoms with Crippen LogP contribution in [0.5, 0.6) is 11.5 Å². The molecule has 2 atom stereocenters. The molecule has 2 amide bonds. The highest BCUT2D eigenvalue weighted by Gasteiger charge is 2.44. The molecule has 2 aliphatic rings. The van der Waals surface area contributed by atoms with Gasteiger partial charge in [0.15, 0.2) is 0 Å². The van der Waals surface area contributed by atoms with Crippen LogP contribution in [-0.2, 0) is 4.79 Å². The van der Waals surface area contributed by atoms with Gasteiger partial charge >= 0.3 is 0 Å². The zero-order valence-electron chi connectivity index (χ0n) is 19.3. The van der Waals surface area contributed by atoms with Gasteiger partial charge in [-0.1, -0.05) is 12.1 Å². The summed E-state index contributed by atoms with van der Waals surface area (Å²) in [7, 11) is 5.21. The van der Waals surface area contributed by atoms with Crippen molar-refractivity contribution in [2.24, 2.45) is 5.92 Å². The van der Waals surface area contributed by atoms with Crippen molar-refractivity contribution in [1.82, 2.24) is 14.7 Å². The van der Waals surface area contributed by atoms with E-state index >= 15 is 0 Å². The van der Waals surface area contributed by atoms with Gasteiger partial charge in [-0.05, 0) is 37.4 Å². The average molecular weight is 456 g/mol. The molecule has 0 spiro atoms. The third-order valence-electron chi connectivity index (χ3n) is 6.68. The third-order valence-corrected chi connectivity index (χ3v) is 6.68. The first-order valence-corrected chi connectivity index (χ1v) is 11.2. The monoisotopic (exact) mass is 455 g/mol. The number of nitrogens with zero attached hydrogens (tertiary/aromatic N) is 3. The van der Waals surface area contributed by atoms with Gasteiger partial charge in [-0.3, -0.25) is 9.59 Å². The van der Waals surface area contributed by atoms with Crippen LogP contribution in [0.4, 0.5) is 4.39 Å². The molecule has 2 fully saturated rings. The van der Waals surface area contributed by atoms with Gasteiger partial charge in [0, 0.05) is 50.7 Å².